The molecule has 3 aromatic carbocycles. The summed E-state index contributed by atoms with van der Waals surface area (Å²) in [7, 11) is 0. The Hall–Kier alpha value is -3.61. The topological polar surface area (TPSA) is 62.3 Å². The molecule has 1 N–H and O–H groups in total. The zero-order valence-corrected chi connectivity index (χ0v) is 17.6. The lowest BCUT2D eigenvalue weighted by Gasteiger charge is -2.29. The minimum absolute atomic E-state index is 0.0193. The molecular weight excluding hydrogens is 430 g/mol. The molecule has 0 spiro atoms. The maximum atomic E-state index is 13.3. The maximum Gasteiger partial charge on any atom is 0.270 e. The molecule has 1 aliphatic rings. The fraction of sp³-hybridized carbons (Fsp3) is 0. The van der Waals surface area contributed by atoms with Gasteiger partial charge in [-0.1, -0.05) is 54.1 Å². The summed E-state index contributed by atoms with van der Waals surface area (Å²) in [6.07, 6.45) is 1.52. The van der Waals surface area contributed by atoms with E-state index >= 15 is 0 Å². The smallest absolute Gasteiger partial charge is 0.270 e. The number of fused-ring (bicyclic) bond motifs is 3. The molecule has 2 amide bonds. The van der Waals surface area contributed by atoms with Crippen molar-refractivity contribution in [3.05, 3.63) is 89.1 Å². The molecule has 0 radical (unpaired) electrons. The monoisotopic (exact) mass is 443 g/mol. The largest absolute Gasteiger partial charge is 0.298 e. The molecule has 0 bridgehead atoms. The van der Waals surface area contributed by atoms with Gasteiger partial charge in [0, 0.05) is 15.8 Å². The number of nitrogens with one attached hydrogen (secondary N) is 1. The lowest BCUT2D eigenvalue weighted by molar-refractivity contribution is -0.122. The number of para-hydroxylation sites is 1. The third-order valence-corrected chi connectivity index (χ3v) is 5.64. The number of hydrogen-bond donors (Lipinski definition) is 1. The van der Waals surface area contributed by atoms with E-state index < -0.39 is 11.8 Å². The van der Waals surface area contributed by atoms with Crippen molar-refractivity contribution in [1.82, 2.24) is 10.3 Å². The molecule has 4 aromatic rings. The van der Waals surface area contributed by atoms with Crippen LogP contribution in [0.2, 0.25) is 5.02 Å². The summed E-state index contributed by atoms with van der Waals surface area (Å²) in [6, 6.07) is 22.2. The van der Waals surface area contributed by atoms with Gasteiger partial charge in [0.2, 0.25) is 0 Å². The van der Waals surface area contributed by atoms with Crippen LogP contribution in [0.1, 0.15) is 5.69 Å². The standard InChI is InChI=1S/C24H14ClN3O2S/c25-14-9-11-15(12-10-14)28-23(30)19(22(29)27-24(28)31)13-21-18-7-2-1-5-16(18)17-6-3-4-8-20(17)26-21/h1-13H,(H,27,29,31)/b19-13-. The van der Waals surface area contributed by atoms with Crippen molar-refractivity contribution >= 4 is 74.2 Å². The highest BCUT2D eigenvalue weighted by molar-refractivity contribution is 7.80. The molecule has 1 fully saturated rings. The zero-order valence-electron chi connectivity index (χ0n) is 16.0. The number of pyridine rings is 1. The summed E-state index contributed by atoms with van der Waals surface area (Å²) in [4.78, 5) is 32.0. The number of anilines is 1. The molecular formula is C24H14ClN3O2S. The van der Waals surface area contributed by atoms with Gasteiger partial charge in [-0.05, 0) is 54.0 Å². The van der Waals surface area contributed by atoms with Crippen molar-refractivity contribution in [3.8, 4) is 0 Å². The molecule has 0 atom stereocenters. The number of rotatable bonds is 2. The normalized spacial score (nSPS) is 15.7. The van der Waals surface area contributed by atoms with Crippen LogP contribution in [-0.2, 0) is 9.59 Å². The summed E-state index contributed by atoms with van der Waals surface area (Å²) in [5.74, 6) is -1.07. The number of thiocarbonyl (C=S) groups is 1. The third-order valence-electron chi connectivity index (χ3n) is 5.11. The van der Waals surface area contributed by atoms with Crippen LogP contribution in [0.25, 0.3) is 27.8 Å². The van der Waals surface area contributed by atoms with Gasteiger partial charge in [-0.2, -0.15) is 0 Å². The summed E-state index contributed by atoms with van der Waals surface area (Å²) < 4.78 is 0. The van der Waals surface area contributed by atoms with Gasteiger partial charge in [0.25, 0.3) is 11.8 Å². The number of nitrogens with zero attached hydrogens (tertiary/aromatic N) is 2. The van der Waals surface area contributed by atoms with Crippen LogP contribution in [0.5, 0.6) is 0 Å². The highest BCUT2D eigenvalue weighted by Gasteiger charge is 2.34. The second-order valence-corrected chi connectivity index (χ2v) is 7.82. The van der Waals surface area contributed by atoms with E-state index in [4.69, 9.17) is 28.8 Å². The van der Waals surface area contributed by atoms with E-state index in [1.807, 2.05) is 48.5 Å². The van der Waals surface area contributed by atoms with Crippen molar-refractivity contribution in [1.29, 1.82) is 0 Å². The molecule has 1 saturated heterocycles. The van der Waals surface area contributed by atoms with Gasteiger partial charge in [-0.15, -0.1) is 0 Å². The summed E-state index contributed by atoms with van der Waals surface area (Å²) in [6.45, 7) is 0. The predicted molar refractivity (Wildman–Crippen MR) is 127 cm³/mol. The lowest BCUT2D eigenvalue weighted by Crippen LogP contribution is -2.54. The summed E-state index contributed by atoms with van der Waals surface area (Å²) in [5.41, 5.74) is 1.79. The molecule has 1 aromatic heterocycles. The number of hydrogen-bond acceptors (Lipinski definition) is 4. The van der Waals surface area contributed by atoms with Gasteiger partial charge in [-0.3, -0.25) is 19.8 Å². The van der Waals surface area contributed by atoms with Gasteiger partial charge in [0.05, 0.1) is 16.9 Å². The Kier molecular flexibility index (Phi) is 4.73. The summed E-state index contributed by atoms with van der Waals surface area (Å²) in [5, 5.41) is 5.99. The van der Waals surface area contributed by atoms with Crippen LogP contribution in [0.4, 0.5) is 5.69 Å². The molecule has 5 rings (SSSR count). The molecule has 7 heteroatoms. The number of amides is 2. The van der Waals surface area contributed by atoms with E-state index in [9.17, 15) is 9.59 Å². The van der Waals surface area contributed by atoms with Crippen molar-refractivity contribution < 1.29 is 9.59 Å². The average molecular weight is 444 g/mol. The van der Waals surface area contributed by atoms with Crippen LogP contribution in [0.3, 0.4) is 0 Å². The first-order valence-electron chi connectivity index (χ1n) is 9.47. The quantitative estimate of drug-likeness (QED) is 0.208. The first kappa shape index (κ1) is 19.4. The molecule has 0 unspecified atom stereocenters. The van der Waals surface area contributed by atoms with E-state index in [2.05, 4.69) is 5.32 Å². The molecule has 1 aliphatic heterocycles. The SMILES string of the molecule is O=C1NC(=S)N(c2ccc(Cl)cc2)C(=O)/C1=C\c1nc2ccccc2c2ccccc12. The summed E-state index contributed by atoms with van der Waals surface area (Å²) >= 11 is 11.2. The van der Waals surface area contributed by atoms with E-state index in [0.717, 1.165) is 21.7 Å². The predicted octanol–water partition coefficient (Wildman–Crippen LogP) is 4.87. The van der Waals surface area contributed by atoms with E-state index in [1.165, 1.54) is 11.0 Å². The first-order chi connectivity index (χ1) is 15.0. The fourth-order valence-electron chi connectivity index (χ4n) is 3.66. The Bertz CT molecular complexity index is 1430. The highest BCUT2D eigenvalue weighted by Crippen LogP contribution is 2.29. The van der Waals surface area contributed by atoms with Crippen molar-refractivity contribution in [2.45, 2.75) is 0 Å². The Morgan fingerprint density at radius 1 is 0.871 bits per heavy atom. The Morgan fingerprint density at radius 3 is 2.26 bits per heavy atom. The Balaban J connectivity index is 1.68. The second-order valence-electron chi connectivity index (χ2n) is 6.99. The van der Waals surface area contributed by atoms with Crippen molar-refractivity contribution in [3.63, 3.8) is 0 Å². The van der Waals surface area contributed by atoms with Crippen LogP contribution in [0, 0.1) is 0 Å². The number of halogens is 1. The Morgan fingerprint density at radius 2 is 1.52 bits per heavy atom. The molecule has 0 saturated carbocycles. The number of carbonyl (C=O) groups excluding carboxylic acids is 2. The van der Waals surface area contributed by atoms with Gasteiger partial charge in [0.15, 0.2) is 5.11 Å². The number of benzene rings is 3. The molecule has 0 aliphatic carbocycles. The van der Waals surface area contributed by atoms with Crippen LogP contribution in [-0.4, -0.2) is 21.9 Å². The first-order valence-corrected chi connectivity index (χ1v) is 10.3. The zero-order chi connectivity index (χ0) is 21.5. The van der Waals surface area contributed by atoms with E-state index in [0.29, 0.717) is 16.4 Å². The average Bonchev–Trinajstić information content (AvgIpc) is 2.78. The molecule has 2 heterocycles. The maximum absolute atomic E-state index is 13.3. The fourth-order valence-corrected chi connectivity index (χ4v) is 4.07. The van der Waals surface area contributed by atoms with Crippen molar-refractivity contribution in [2.24, 2.45) is 0 Å². The lowest BCUT2D eigenvalue weighted by atomic mass is 10.0. The molecule has 150 valence electrons. The van der Waals surface area contributed by atoms with Crippen molar-refractivity contribution in [2.75, 3.05) is 4.90 Å². The van der Waals surface area contributed by atoms with Crippen LogP contribution in [0.15, 0.2) is 78.4 Å². The number of aromatic nitrogens is 1. The molecule has 31 heavy (non-hydrogen) atoms. The minimum atomic E-state index is -0.556. The van der Waals surface area contributed by atoms with E-state index in [1.54, 1.807) is 24.3 Å². The van der Waals surface area contributed by atoms with E-state index in [-0.39, 0.29) is 10.7 Å². The van der Waals surface area contributed by atoms with Gasteiger partial charge < -0.3 is 0 Å². The Labute approximate surface area is 187 Å². The van der Waals surface area contributed by atoms with Crippen LogP contribution < -0.4 is 10.2 Å². The van der Waals surface area contributed by atoms with Crippen LogP contribution >= 0.6 is 23.8 Å². The number of carbonyl (C=O) groups is 2. The molecule has 5 nitrogen and oxygen atoms in total. The van der Waals surface area contributed by atoms with Gasteiger partial charge in [-0.25, -0.2) is 4.98 Å². The highest BCUT2D eigenvalue weighted by atomic mass is 35.5. The van der Waals surface area contributed by atoms with Gasteiger partial charge >= 0.3 is 0 Å². The van der Waals surface area contributed by atoms with Gasteiger partial charge in [0.1, 0.15) is 5.57 Å². The third kappa shape index (κ3) is 3.36. The second kappa shape index (κ2) is 7.58. The minimum Gasteiger partial charge on any atom is -0.298 e.